The second-order valence-electron chi connectivity index (χ2n) is 2.60. The third kappa shape index (κ3) is 2.09. The van der Waals surface area contributed by atoms with Gasteiger partial charge in [-0.05, 0) is 6.07 Å². The van der Waals surface area contributed by atoms with Gasteiger partial charge in [-0.1, -0.05) is 11.6 Å². The summed E-state index contributed by atoms with van der Waals surface area (Å²) in [5.74, 6) is -0.924. The van der Waals surface area contributed by atoms with Crippen molar-refractivity contribution in [3.63, 3.8) is 0 Å². The fourth-order valence-corrected chi connectivity index (χ4v) is 1.14. The first kappa shape index (κ1) is 10.7. The second kappa shape index (κ2) is 4.19. The second-order valence-corrected chi connectivity index (χ2v) is 3.03. The first-order valence-corrected chi connectivity index (χ1v) is 4.19. The molecule has 74 valence electrons. The van der Waals surface area contributed by atoms with Crippen LogP contribution in [0.15, 0.2) is 12.3 Å². The van der Waals surface area contributed by atoms with Gasteiger partial charge in [0.05, 0.1) is 17.7 Å². The van der Waals surface area contributed by atoms with Crippen molar-refractivity contribution in [1.82, 2.24) is 4.98 Å². The molecule has 0 unspecified atom stereocenters. The van der Waals surface area contributed by atoms with Gasteiger partial charge >= 0.3 is 5.97 Å². The minimum absolute atomic E-state index is 0.0706. The predicted octanol–water partition coefficient (Wildman–Crippen LogP) is 1.72. The van der Waals surface area contributed by atoms with Crippen molar-refractivity contribution in [3.8, 4) is 0 Å². The van der Waals surface area contributed by atoms with Crippen LogP contribution in [0.2, 0.25) is 5.02 Å². The minimum Gasteiger partial charge on any atom is -0.465 e. The van der Waals surface area contributed by atoms with E-state index < -0.39 is 5.97 Å². The molecule has 4 nitrogen and oxygen atoms in total. The smallest absolute Gasteiger partial charge is 0.340 e. The number of nitrogens with zero attached hydrogens (tertiary/aromatic N) is 1. The summed E-state index contributed by atoms with van der Waals surface area (Å²) in [7, 11) is 1.23. The lowest BCUT2D eigenvalue weighted by Gasteiger charge is -2.03. The van der Waals surface area contributed by atoms with Gasteiger partial charge < -0.3 is 4.74 Å². The number of carbonyl (C=O) groups excluding carboxylic acids is 2. The van der Waals surface area contributed by atoms with Crippen LogP contribution in [-0.4, -0.2) is 23.8 Å². The predicted molar refractivity (Wildman–Crippen MR) is 50.6 cm³/mol. The Morgan fingerprint density at radius 2 is 2.14 bits per heavy atom. The van der Waals surface area contributed by atoms with Gasteiger partial charge in [0, 0.05) is 13.1 Å². The van der Waals surface area contributed by atoms with E-state index in [2.05, 4.69) is 9.72 Å². The van der Waals surface area contributed by atoms with E-state index in [0.717, 1.165) is 0 Å². The molecule has 0 saturated carbocycles. The Kier molecular flexibility index (Phi) is 3.19. The van der Waals surface area contributed by atoms with E-state index in [-0.39, 0.29) is 22.1 Å². The van der Waals surface area contributed by atoms with Crippen molar-refractivity contribution in [2.24, 2.45) is 0 Å². The highest BCUT2D eigenvalue weighted by Crippen LogP contribution is 2.14. The maximum atomic E-state index is 11.2. The van der Waals surface area contributed by atoms with Gasteiger partial charge in [0.25, 0.3) is 0 Å². The van der Waals surface area contributed by atoms with Crippen LogP contribution < -0.4 is 0 Å². The number of methoxy groups -OCH3 is 1. The molecule has 14 heavy (non-hydrogen) atoms. The summed E-state index contributed by atoms with van der Waals surface area (Å²) in [4.78, 5) is 26.1. The number of hydrogen-bond acceptors (Lipinski definition) is 4. The maximum absolute atomic E-state index is 11.2. The van der Waals surface area contributed by atoms with Crippen LogP contribution in [0.4, 0.5) is 0 Å². The molecule has 0 N–H and O–H groups in total. The summed E-state index contributed by atoms with van der Waals surface area (Å²) in [5.41, 5.74) is 0.161. The quantitative estimate of drug-likeness (QED) is 0.555. The normalized spacial score (nSPS) is 9.64. The Balaban J connectivity index is 3.29. The minimum atomic E-state index is -0.620. The van der Waals surface area contributed by atoms with E-state index in [0.29, 0.717) is 0 Å². The molecule has 1 aromatic heterocycles. The van der Waals surface area contributed by atoms with Gasteiger partial charge in [0.15, 0.2) is 5.78 Å². The molecule has 5 heteroatoms. The third-order valence-corrected chi connectivity index (χ3v) is 1.80. The van der Waals surface area contributed by atoms with Crippen molar-refractivity contribution in [1.29, 1.82) is 0 Å². The molecule has 0 bridgehead atoms. The Hall–Kier alpha value is -1.42. The SMILES string of the molecule is COC(=O)c1cc(Cl)cnc1C(C)=O. The van der Waals surface area contributed by atoms with Gasteiger partial charge in [0.2, 0.25) is 0 Å². The first-order chi connectivity index (χ1) is 6.56. The van der Waals surface area contributed by atoms with Gasteiger partial charge in [-0.3, -0.25) is 9.78 Å². The lowest BCUT2D eigenvalue weighted by atomic mass is 10.1. The Morgan fingerprint density at radius 3 is 2.64 bits per heavy atom. The summed E-state index contributed by atoms with van der Waals surface area (Å²) in [5, 5.41) is 0.287. The molecule has 0 saturated heterocycles. The molecule has 0 aromatic carbocycles. The molecule has 0 aliphatic carbocycles. The molecule has 1 aromatic rings. The zero-order valence-electron chi connectivity index (χ0n) is 7.70. The van der Waals surface area contributed by atoms with Gasteiger partial charge in [-0.15, -0.1) is 0 Å². The fourth-order valence-electron chi connectivity index (χ4n) is 0.985. The van der Waals surface area contributed by atoms with Gasteiger partial charge in [0.1, 0.15) is 5.69 Å². The molecular formula is C9H8ClNO3. The number of carbonyl (C=O) groups is 2. The maximum Gasteiger partial charge on any atom is 0.340 e. The number of halogens is 1. The number of Topliss-reactive ketones (excluding diaryl/α,β-unsaturated/α-hetero) is 1. The van der Waals surface area contributed by atoms with Gasteiger partial charge in [-0.2, -0.15) is 0 Å². The fraction of sp³-hybridized carbons (Fsp3) is 0.222. The molecule has 0 radical (unpaired) electrons. The largest absolute Gasteiger partial charge is 0.465 e. The molecule has 0 amide bonds. The van der Waals surface area contributed by atoms with Crippen molar-refractivity contribution in [2.45, 2.75) is 6.92 Å². The van der Waals surface area contributed by atoms with Crippen LogP contribution in [0.5, 0.6) is 0 Å². The van der Waals surface area contributed by atoms with E-state index in [4.69, 9.17) is 11.6 Å². The van der Waals surface area contributed by atoms with Crippen LogP contribution in [0.1, 0.15) is 27.8 Å². The average Bonchev–Trinajstić information content (AvgIpc) is 2.16. The van der Waals surface area contributed by atoms with E-state index >= 15 is 0 Å². The molecule has 0 aliphatic rings. The highest BCUT2D eigenvalue weighted by Gasteiger charge is 2.16. The standard InChI is InChI=1S/C9H8ClNO3/c1-5(12)8-7(9(13)14-2)3-6(10)4-11-8/h3-4H,1-2H3. The van der Waals surface area contributed by atoms with E-state index in [9.17, 15) is 9.59 Å². The zero-order valence-corrected chi connectivity index (χ0v) is 8.46. The summed E-state index contributed by atoms with van der Waals surface area (Å²) >= 11 is 5.64. The number of ether oxygens (including phenoxy) is 1. The molecule has 0 spiro atoms. The number of ketones is 1. The molecule has 0 aliphatic heterocycles. The van der Waals surface area contributed by atoms with E-state index in [1.807, 2.05) is 0 Å². The third-order valence-electron chi connectivity index (χ3n) is 1.59. The number of rotatable bonds is 2. The Morgan fingerprint density at radius 1 is 1.50 bits per heavy atom. The van der Waals surface area contributed by atoms with Crippen LogP contribution in [0.3, 0.4) is 0 Å². The number of hydrogen-bond donors (Lipinski definition) is 0. The van der Waals surface area contributed by atoms with Crippen LogP contribution in [0, 0.1) is 0 Å². The Labute approximate surface area is 85.9 Å². The van der Waals surface area contributed by atoms with E-state index in [1.165, 1.54) is 26.3 Å². The van der Waals surface area contributed by atoms with Crippen molar-refractivity contribution in [3.05, 3.63) is 28.5 Å². The molecular weight excluding hydrogens is 206 g/mol. The molecule has 0 atom stereocenters. The summed E-state index contributed by atoms with van der Waals surface area (Å²) < 4.78 is 4.49. The molecule has 0 fully saturated rings. The topological polar surface area (TPSA) is 56.3 Å². The van der Waals surface area contributed by atoms with Crippen LogP contribution in [0.25, 0.3) is 0 Å². The molecule has 1 heterocycles. The lowest BCUT2D eigenvalue weighted by molar-refractivity contribution is 0.0596. The van der Waals surface area contributed by atoms with E-state index in [1.54, 1.807) is 0 Å². The van der Waals surface area contributed by atoms with Crippen LogP contribution >= 0.6 is 11.6 Å². The number of pyridine rings is 1. The van der Waals surface area contributed by atoms with Crippen molar-refractivity contribution < 1.29 is 14.3 Å². The number of esters is 1. The highest BCUT2D eigenvalue weighted by molar-refractivity contribution is 6.31. The number of aromatic nitrogens is 1. The zero-order chi connectivity index (χ0) is 10.7. The monoisotopic (exact) mass is 213 g/mol. The summed E-state index contributed by atoms with van der Waals surface area (Å²) in [6, 6.07) is 1.36. The van der Waals surface area contributed by atoms with Crippen molar-refractivity contribution in [2.75, 3.05) is 7.11 Å². The average molecular weight is 214 g/mol. The van der Waals surface area contributed by atoms with Gasteiger partial charge in [-0.25, -0.2) is 4.79 Å². The van der Waals surface area contributed by atoms with Crippen molar-refractivity contribution >= 4 is 23.4 Å². The summed E-state index contributed by atoms with van der Waals surface area (Å²) in [6.45, 7) is 1.32. The summed E-state index contributed by atoms with van der Waals surface area (Å²) in [6.07, 6.45) is 1.31. The van der Waals surface area contributed by atoms with Crippen LogP contribution in [-0.2, 0) is 4.74 Å². The highest BCUT2D eigenvalue weighted by atomic mass is 35.5. The Bertz CT molecular complexity index is 390. The lowest BCUT2D eigenvalue weighted by Crippen LogP contribution is -2.10. The first-order valence-electron chi connectivity index (χ1n) is 3.81. The molecule has 1 rings (SSSR count).